The third-order valence-corrected chi connectivity index (χ3v) is 8.72. The van der Waals surface area contributed by atoms with Gasteiger partial charge < -0.3 is 0 Å². The zero-order valence-corrected chi connectivity index (χ0v) is 20.8. The molecule has 178 valence electrons. The minimum atomic E-state index is 0.0563. The summed E-state index contributed by atoms with van der Waals surface area (Å²) in [4.78, 5) is 10.7. The lowest BCUT2D eigenvalue weighted by Gasteiger charge is -2.32. The van der Waals surface area contributed by atoms with Crippen molar-refractivity contribution in [2.45, 2.75) is 0 Å². The number of fused-ring (bicyclic) bond motifs is 10. The summed E-state index contributed by atoms with van der Waals surface area (Å²) in [6.45, 7) is 0.0563. The van der Waals surface area contributed by atoms with E-state index in [0.717, 1.165) is 23.0 Å². The zero-order chi connectivity index (χ0) is 25.2. The molecule has 2 aliphatic heterocycles. The molecule has 4 nitrogen and oxygen atoms in total. The number of rotatable bonds is 1. The molecule has 0 bridgehead atoms. The highest BCUT2D eigenvalue weighted by Crippen LogP contribution is 2.38. The van der Waals surface area contributed by atoms with Gasteiger partial charge in [-0.05, 0) is 23.1 Å². The van der Waals surface area contributed by atoms with Crippen molar-refractivity contribution in [3.05, 3.63) is 115 Å². The maximum atomic E-state index is 5.36. The molecule has 0 radical (unpaired) electrons. The van der Waals surface area contributed by atoms with Gasteiger partial charge in [-0.3, -0.25) is 9.13 Å². The Bertz CT molecular complexity index is 2200. The van der Waals surface area contributed by atoms with Crippen LogP contribution in [0.2, 0.25) is 0 Å². The summed E-state index contributed by atoms with van der Waals surface area (Å²) in [5.74, 6) is 2.71. The zero-order valence-electron chi connectivity index (χ0n) is 20.8. The topological polar surface area (TPSA) is 35.6 Å². The molecule has 5 heteroatoms. The molecule has 0 atom stereocenters. The summed E-state index contributed by atoms with van der Waals surface area (Å²) in [5.41, 5.74) is 9.70. The van der Waals surface area contributed by atoms with Gasteiger partial charge in [-0.25, -0.2) is 9.97 Å². The standard InChI is InChI=1S/C34H19BN4/c1-2-10-20(11-3-1)32-36-33-29-34(37-32)39-28-19-7-5-13-22(28)24-15-9-17-26(31(24)39)35(29)25-16-8-14-23-21-12-4-6-18-27(21)38(33)30(23)25/h1-19H. The lowest BCUT2D eigenvalue weighted by Crippen LogP contribution is -2.60. The molecule has 5 heterocycles. The van der Waals surface area contributed by atoms with E-state index in [9.17, 15) is 0 Å². The number of hydrogen-bond acceptors (Lipinski definition) is 2. The lowest BCUT2D eigenvalue weighted by molar-refractivity contribution is 1.00. The van der Waals surface area contributed by atoms with E-state index in [4.69, 9.17) is 9.97 Å². The Morgan fingerprint density at radius 3 is 1.51 bits per heavy atom. The molecule has 3 aromatic heterocycles. The summed E-state index contributed by atoms with van der Waals surface area (Å²) in [7, 11) is 0. The number of nitrogens with zero attached hydrogens (tertiary/aromatic N) is 4. The highest BCUT2D eigenvalue weighted by atomic mass is 15.2. The van der Waals surface area contributed by atoms with Crippen molar-refractivity contribution in [3.8, 4) is 23.0 Å². The van der Waals surface area contributed by atoms with E-state index in [1.165, 1.54) is 60.0 Å². The molecule has 0 spiro atoms. The second-order valence-corrected chi connectivity index (χ2v) is 10.6. The van der Waals surface area contributed by atoms with Crippen LogP contribution in [0.15, 0.2) is 115 Å². The molecule has 0 N–H and O–H groups in total. The Balaban J connectivity index is 1.49. The summed E-state index contributed by atoms with van der Waals surface area (Å²) < 4.78 is 4.78. The molecule has 0 amide bonds. The maximum Gasteiger partial charge on any atom is 0.256 e. The Morgan fingerprint density at radius 2 is 0.949 bits per heavy atom. The maximum absolute atomic E-state index is 5.36. The average molecular weight is 494 g/mol. The van der Waals surface area contributed by atoms with Crippen LogP contribution in [0.5, 0.6) is 0 Å². The molecule has 0 saturated heterocycles. The summed E-state index contributed by atoms with van der Waals surface area (Å²) in [6, 6.07) is 41.3. The minimum Gasteiger partial charge on any atom is -0.295 e. The van der Waals surface area contributed by atoms with Crippen molar-refractivity contribution in [2.24, 2.45) is 0 Å². The van der Waals surface area contributed by atoms with Gasteiger partial charge in [0.05, 0.1) is 22.1 Å². The van der Waals surface area contributed by atoms with Crippen LogP contribution in [0.25, 0.3) is 66.6 Å². The van der Waals surface area contributed by atoms with Crippen LogP contribution in [0.1, 0.15) is 0 Å². The largest absolute Gasteiger partial charge is 0.295 e. The molecular formula is C34H19BN4. The first-order valence-corrected chi connectivity index (χ1v) is 13.4. The van der Waals surface area contributed by atoms with Crippen molar-refractivity contribution in [3.63, 3.8) is 0 Å². The third kappa shape index (κ3) is 2.29. The Morgan fingerprint density at radius 1 is 0.462 bits per heavy atom. The normalized spacial score (nSPS) is 13.1. The minimum absolute atomic E-state index is 0.0563. The molecule has 8 aromatic rings. The monoisotopic (exact) mass is 494 g/mol. The predicted octanol–water partition coefficient (Wildman–Crippen LogP) is 5.48. The number of para-hydroxylation sites is 4. The first kappa shape index (κ1) is 19.9. The van der Waals surface area contributed by atoms with Crippen molar-refractivity contribution in [2.75, 3.05) is 0 Å². The summed E-state index contributed by atoms with van der Waals surface area (Å²) in [5, 5.41) is 5.05. The fourth-order valence-electron chi connectivity index (χ4n) is 7.24. The molecule has 5 aromatic carbocycles. The van der Waals surface area contributed by atoms with Crippen LogP contribution in [0, 0.1) is 0 Å². The molecule has 39 heavy (non-hydrogen) atoms. The van der Waals surface area contributed by atoms with Crippen LogP contribution in [0.3, 0.4) is 0 Å². The SMILES string of the molecule is c1ccc(-c2nc3c4c(n2)-n2c5ccccc5c5cccc(c52)B4c2cccc4c5ccccc5n-3c24)cc1. The molecule has 10 rings (SSSR count). The number of aromatic nitrogens is 4. The van der Waals surface area contributed by atoms with E-state index in [-0.39, 0.29) is 6.71 Å². The van der Waals surface area contributed by atoms with Gasteiger partial charge in [0.2, 0.25) is 0 Å². The highest BCUT2D eigenvalue weighted by Gasteiger charge is 2.42. The molecule has 0 fully saturated rings. The van der Waals surface area contributed by atoms with E-state index in [2.05, 4.69) is 118 Å². The number of hydrogen-bond donors (Lipinski definition) is 0. The average Bonchev–Trinajstić information content (AvgIpc) is 3.52. The second-order valence-electron chi connectivity index (χ2n) is 10.6. The third-order valence-electron chi connectivity index (χ3n) is 8.72. The van der Waals surface area contributed by atoms with Gasteiger partial charge in [0.1, 0.15) is 11.6 Å². The van der Waals surface area contributed by atoms with Crippen LogP contribution >= 0.6 is 0 Å². The van der Waals surface area contributed by atoms with Gasteiger partial charge in [-0.1, -0.05) is 103 Å². The van der Waals surface area contributed by atoms with Crippen LogP contribution < -0.4 is 16.4 Å². The molecule has 0 unspecified atom stereocenters. The van der Waals surface area contributed by atoms with Crippen LogP contribution in [-0.2, 0) is 0 Å². The van der Waals surface area contributed by atoms with Gasteiger partial charge in [0.15, 0.2) is 5.82 Å². The van der Waals surface area contributed by atoms with Crippen LogP contribution in [0.4, 0.5) is 0 Å². The Hall–Kier alpha value is -5.16. The van der Waals surface area contributed by atoms with Crippen molar-refractivity contribution >= 4 is 66.7 Å². The number of benzene rings is 5. The van der Waals surface area contributed by atoms with E-state index < -0.39 is 0 Å². The van der Waals surface area contributed by atoms with Gasteiger partial charge >= 0.3 is 0 Å². The van der Waals surface area contributed by atoms with E-state index in [0.29, 0.717) is 0 Å². The molecule has 0 aliphatic carbocycles. The Labute approximate surface area is 223 Å². The van der Waals surface area contributed by atoms with Crippen molar-refractivity contribution < 1.29 is 0 Å². The summed E-state index contributed by atoms with van der Waals surface area (Å²) in [6.07, 6.45) is 0. The fourth-order valence-corrected chi connectivity index (χ4v) is 7.24. The Kier molecular flexibility index (Phi) is 3.48. The first-order chi connectivity index (χ1) is 19.4. The fraction of sp³-hybridized carbons (Fsp3) is 0. The smallest absolute Gasteiger partial charge is 0.256 e. The first-order valence-electron chi connectivity index (χ1n) is 13.4. The van der Waals surface area contributed by atoms with E-state index in [1.807, 2.05) is 6.07 Å². The highest BCUT2D eigenvalue weighted by molar-refractivity contribution is 7.00. The van der Waals surface area contributed by atoms with Gasteiger partial charge in [0, 0.05) is 32.6 Å². The van der Waals surface area contributed by atoms with Crippen molar-refractivity contribution in [1.82, 2.24) is 19.1 Å². The molecule has 2 aliphatic rings. The van der Waals surface area contributed by atoms with Gasteiger partial charge in [-0.15, -0.1) is 0 Å². The second kappa shape index (κ2) is 6.83. The lowest BCUT2D eigenvalue weighted by atomic mass is 9.35. The van der Waals surface area contributed by atoms with E-state index >= 15 is 0 Å². The van der Waals surface area contributed by atoms with Gasteiger partial charge in [-0.2, -0.15) is 0 Å². The molecule has 0 saturated carbocycles. The van der Waals surface area contributed by atoms with Crippen LogP contribution in [-0.4, -0.2) is 25.8 Å². The quantitative estimate of drug-likeness (QED) is 0.284. The predicted molar refractivity (Wildman–Crippen MR) is 161 cm³/mol. The molecular weight excluding hydrogens is 475 g/mol. The summed E-state index contributed by atoms with van der Waals surface area (Å²) >= 11 is 0. The van der Waals surface area contributed by atoms with E-state index in [1.54, 1.807) is 0 Å². The van der Waals surface area contributed by atoms with Gasteiger partial charge in [0.25, 0.3) is 6.71 Å². The van der Waals surface area contributed by atoms with Crippen molar-refractivity contribution in [1.29, 1.82) is 0 Å².